The summed E-state index contributed by atoms with van der Waals surface area (Å²) in [7, 11) is 3.19. The molecule has 2 unspecified atom stereocenters. The lowest BCUT2D eigenvalue weighted by Gasteiger charge is -2.39. The van der Waals surface area contributed by atoms with Crippen molar-refractivity contribution in [3.63, 3.8) is 0 Å². The third kappa shape index (κ3) is 3.92. The Morgan fingerprint density at radius 3 is 2.32 bits per heavy atom. The first kappa shape index (κ1) is 18.1. The van der Waals surface area contributed by atoms with Crippen molar-refractivity contribution in [1.29, 1.82) is 0 Å². The van der Waals surface area contributed by atoms with Gasteiger partial charge in [-0.1, -0.05) is 19.4 Å². The lowest BCUT2D eigenvalue weighted by molar-refractivity contribution is -0.930. The van der Waals surface area contributed by atoms with E-state index < -0.39 is 0 Å². The highest BCUT2D eigenvalue weighted by atomic mass is 16.5. The highest BCUT2D eigenvalue weighted by Gasteiger charge is 2.33. The Morgan fingerprint density at radius 2 is 1.76 bits per heavy atom. The average molecular weight is 347 g/mol. The third-order valence-electron chi connectivity index (χ3n) is 5.85. The molecule has 5 nitrogen and oxygen atoms in total. The molecule has 2 fully saturated rings. The molecule has 1 saturated heterocycles. The Kier molecular flexibility index (Phi) is 5.84. The van der Waals surface area contributed by atoms with Crippen molar-refractivity contribution < 1.29 is 19.2 Å². The van der Waals surface area contributed by atoms with Crippen molar-refractivity contribution >= 4 is 5.91 Å². The second kappa shape index (κ2) is 8.09. The van der Waals surface area contributed by atoms with Gasteiger partial charge in [-0.05, 0) is 30.9 Å². The maximum Gasteiger partial charge on any atom is 0.261 e. The summed E-state index contributed by atoms with van der Waals surface area (Å²) < 4.78 is 10.8. The van der Waals surface area contributed by atoms with E-state index in [1.54, 1.807) is 19.1 Å². The van der Waals surface area contributed by atoms with Crippen molar-refractivity contribution in [3.8, 4) is 11.5 Å². The molecule has 0 radical (unpaired) electrons. The van der Waals surface area contributed by atoms with E-state index in [1.165, 1.54) is 25.7 Å². The number of nitrogens with one attached hydrogen (secondary N) is 1. The zero-order valence-electron chi connectivity index (χ0n) is 15.7. The van der Waals surface area contributed by atoms with Crippen molar-refractivity contribution in [2.45, 2.75) is 38.6 Å². The highest BCUT2D eigenvalue weighted by Crippen LogP contribution is 2.29. The molecule has 138 valence electrons. The molecule has 1 heterocycles. The summed E-state index contributed by atoms with van der Waals surface area (Å²) in [6.07, 6.45) is 5.41. The number of methoxy groups -OCH3 is 2. The number of nitrogens with zero attached hydrogens (tertiary/aromatic N) is 1. The molecular weight excluding hydrogens is 316 g/mol. The van der Waals surface area contributed by atoms with Gasteiger partial charge in [0, 0.05) is 6.42 Å². The molecule has 0 spiro atoms. The Morgan fingerprint density at radius 1 is 1.12 bits per heavy atom. The number of hydrogen-bond donors (Lipinski definition) is 1. The van der Waals surface area contributed by atoms with E-state index >= 15 is 0 Å². The first-order chi connectivity index (χ1) is 12.1. The molecule has 1 amide bonds. The lowest BCUT2D eigenvalue weighted by Crippen LogP contribution is -3.18. The summed E-state index contributed by atoms with van der Waals surface area (Å²) in [4.78, 5) is 16.7. The zero-order valence-corrected chi connectivity index (χ0v) is 15.7. The van der Waals surface area contributed by atoms with Gasteiger partial charge in [-0.2, -0.15) is 0 Å². The van der Waals surface area contributed by atoms with Crippen LogP contribution in [0.5, 0.6) is 11.5 Å². The van der Waals surface area contributed by atoms with Crippen molar-refractivity contribution in [2.24, 2.45) is 5.92 Å². The minimum atomic E-state index is 0.0189. The number of quaternary nitrogens is 1. The molecular formula is C20H31N2O3+. The minimum Gasteiger partial charge on any atom is -0.496 e. The summed E-state index contributed by atoms with van der Waals surface area (Å²) >= 11 is 0. The summed E-state index contributed by atoms with van der Waals surface area (Å²) in [6.45, 7) is 6.07. The van der Waals surface area contributed by atoms with E-state index in [9.17, 15) is 4.79 Å². The lowest BCUT2D eigenvalue weighted by atomic mass is 9.86. The van der Waals surface area contributed by atoms with E-state index in [-0.39, 0.29) is 5.91 Å². The van der Waals surface area contributed by atoms with Crippen LogP contribution in [-0.4, -0.2) is 57.2 Å². The molecule has 1 aliphatic heterocycles. The SMILES string of the molecule is COc1cccc(OC)c1C(=O)N1CC[NH+](C2CCCC(C)C2)CC1. The molecule has 3 rings (SSSR count). The van der Waals surface area contributed by atoms with Crippen LogP contribution in [-0.2, 0) is 0 Å². The van der Waals surface area contributed by atoms with Gasteiger partial charge in [-0.3, -0.25) is 4.79 Å². The molecule has 1 aliphatic carbocycles. The van der Waals surface area contributed by atoms with Gasteiger partial charge >= 0.3 is 0 Å². The van der Waals surface area contributed by atoms with Crippen molar-refractivity contribution in [2.75, 3.05) is 40.4 Å². The molecule has 1 aromatic rings. The maximum atomic E-state index is 13.1. The van der Waals surface area contributed by atoms with Crippen LogP contribution < -0.4 is 14.4 Å². The van der Waals surface area contributed by atoms with Gasteiger partial charge in [0.1, 0.15) is 17.1 Å². The fraction of sp³-hybridized carbons (Fsp3) is 0.650. The molecule has 2 atom stereocenters. The van der Waals surface area contributed by atoms with Gasteiger partial charge in [0.15, 0.2) is 0 Å². The first-order valence-electron chi connectivity index (χ1n) is 9.49. The van der Waals surface area contributed by atoms with Crippen LogP contribution in [0.15, 0.2) is 18.2 Å². The van der Waals surface area contributed by atoms with Crippen LogP contribution in [0, 0.1) is 5.92 Å². The summed E-state index contributed by atoms with van der Waals surface area (Å²) in [5.74, 6) is 2.04. The van der Waals surface area contributed by atoms with E-state index in [2.05, 4.69) is 6.92 Å². The van der Waals surface area contributed by atoms with Gasteiger partial charge in [0.2, 0.25) is 0 Å². The molecule has 5 heteroatoms. The highest BCUT2D eigenvalue weighted by molar-refractivity contribution is 5.99. The van der Waals surface area contributed by atoms with E-state index in [1.807, 2.05) is 23.1 Å². The van der Waals surface area contributed by atoms with E-state index in [0.717, 1.165) is 38.1 Å². The largest absolute Gasteiger partial charge is 0.496 e. The molecule has 1 N–H and O–H groups in total. The predicted octanol–water partition coefficient (Wildman–Crippen LogP) is 1.62. The average Bonchev–Trinajstić information content (AvgIpc) is 2.66. The fourth-order valence-corrected chi connectivity index (χ4v) is 4.43. The normalized spacial score (nSPS) is 24.8. The van der Waals surface area contributed by atoms with E-state index in [4.69, 9.17) is 9.47 Å². The second-order valence-electron chi connectivity index (χ2n) is 7.46. The molecule has 1 aromatic carbocycles. The standard InChI is InChI=1S/C20H30N2O3/c1-15-6-4-7-16(14-15)21-10-12-22(13-11-21)20(23)19-17(24-2)8-5-9-18(19)25-3/h5,8-9,15-16H,4,6-7,10-14H2,1-3H3/p+1. The smallest absolute Gasteiger partial charge is 0.261 e. The van der Waals surface area contributed by atoms with Crippen LogP contribution >= 0.6 is 0 Å². The van der Waals surface area contributed by atoms with Crippen LogP contribution in [0.2, 0.25) is 0 Å². The fourth-order valence-electron chi connectivity index (χ4n) is 4.43. The minimum absolute atomic E-state index is 0.0189. The molecule has 0 aromatic heterocycles. The van der Waals surface area contributed by atoms with Gasteiger partial charge in [0.05, 0.1) is 46.4 Å². The summed E-state index contributed by atoms with van der Waals surface area (Å²) in [5.41, 5.74) is 0.544. The topological polar surface area (TPSA) is 43.2 Å². The van der Waals surface area contributed by atoms with Crippen molar-refractivity contribution in [1.82, 2.24) is 4.90 Å². The number of carbonyl (C=O) groups is 1. The Hall–Kier alpha value is -1.75. The third-order valence-corrected chi connectivity index (χ3v) is 5.85. The number of piperazine rings is 1. The van der Waals surface area contributed by atoms with Crippen LogP contribution in [0.1, 0.15) is 43.0 Å². The maximum absolute atomic E-state index is 13.1. The van der Waals surface area contributed by atoms with Crippen molar-refractivity contribution in [3.05, 3.63) is 23.8 Å². The predicted molar refractivity (Wildman–Crippen MR) is 97.6 cm³/mol. The molecule has 0 bridgehead atoms. The Bertz CT molecular complexity index is 574. The Balaban J connectivity index is 1.66. The number of rotatable bonds is 4. The second-order valence-corrected chi connectivity index (χ2v) is 7.46. The van der Waals surface area contributed by atoms with Gasteiger partial charge in [-0.25, -0.2) is 0 Å². The number of carbonyl (C=O) groups excluding carboxylic acids is 1. The molecule has 2 aliphatic rings. The number of amides is 1. The van der Waals surface area contributed by atoms with Crippen LogP contribution in [0.3, 0.4) is 0 Å². The Labute approximate surface area is 150 Å². The first-order valence-corrected chi connectivity index (χ1v) is 9.49. The van der Waals surface area contributed by atoms with Crippen LogP contribution in [0.25, 0.3) is 0 Å². The quantitative estimate of drug-likeness (QED) is 0.900. The number of hydrogen-bond acceptors (Lipinski definition) is 3. The van der Waals surface area contributed by atoms with Crippen LogP contribution in [0.4, 0.5) is 0 Å². The van der Waals surface area contributed by atoms with E-state index in [0.29, 0.717) is 17.1 Å². The van der Waals surface area contributed by atoms with Gasteiger partial charge in [0.25, 0.3) is 5.91 Å². The van der Waals surface area contributed by atoms with Gasteiger partial charge in [-0.15, -0.1) is 0 Å². The zero-order chi connectivity index (χ0) is 17.8. The number of benzene rings is 1. The molecule has 1 saturated carbocycles. The number of ether oxygens (including phenoxy) is 2. The monoisotopic (exact) mass is 347 g/mol. The summed E-state index contributed by atoms with van der Waals surface area (Å²) in [6, 6.07) is 6.27. The molecule has 25 heavy (non-hydrogen) atoms. The van der Waals surface area contributed by atoms with Gasteiger partial charge < -0.3 is 19.3 Å². The summed E-state index contributed by atoms with van der Waals surface area (Å²) in [5, 5.41) is 0.